The second-order valence-electron chi connectivity index (χ2n) is 7.31. The number of hydrogen-bond acceptors (Lipinski definition) is 3. The Morgan fingerprint density at radius 3 is 2.43 bits per heavy atom. The van der Waals surface area contributed by atoms with E-state index in [1.165, 1.54) is 0 Å². The first-order valence-electron chi connectivity index (χ1n) is 9.61. The van der Waals surface area contributed by atoms with Gasteiger partial charge in [-0.15, -0.1) is 0 Å². The standard InChI is InChI=1S/C23H21ClN2O3S/c24-21-9-6-17(7-10-21)16-30(28,29)25-22-11-8-18-12-13-26(15-20(18)14-22)23(27)19-4-2-1-3-5-19/h1-11,14,25H,12-13,15-16H2. The van der Waals surface area contributed by atoms with E-state index in [2.05, 4.69) is 4.72 Å². The molecule has 0 saturated carbocycles. The van der Waals surface area contributed by atoms with Gasteiger partial charge in [-0.3, -0.25) is 9.52 Å². The summed E-state index contributed by atoms with van der Waals surface area (Å²) in [5.74, 6) is -0.158. The number of anilines is 1. The molecule has 3 aromatic carbocycles. The van der Waals surface area contributed by atoms with E-state index in [1.807, 2.05) is 30.3 Å². The minimum absolute atomic E-state index is 0.0185. The molecule has 3 aromatic rings. The van der Waals surface area contributed by atoms with Crippen molar-refractivity contribution in [2.45, 2.75) is 18.7 Å². The van der Waals surface area contributed by atoms with Crippen molar-refractivity contribution in [1.29, 1.82) is 0 Å². The van der Waals surface area contributed by atoms with Crippen LogP contribution in [0.1, 0.15) is 27.0 Å². The maximum atomic E-state index is 12.8. The minimum Gasteiger partial charge on any atom is -0.334 e. The van der Waals surface area contributed by atoms with Gasteiger partial charge in [-0.25, -0.2) is 8.42 Å². The normalized spacial score (nSPS) is 13.6. The van der Waals surface area contributed by atoms with Crippen LogP contribution in [0.25, 0.3) is 0 Å². The van der Waals surface area contributed by atoms with Crippen molar-refractivity contribution in [3.63, 3.8) is 0 Å². The molecule has 0 radical (unpaired) electrons. The summed E-state index contributed by atoms with van der Waals surface area (Å²) in [4.78, 5) is 14.6. The van der Waals surface area contributed by atoms with Crippen molar-refractivity contribution in [2.24, 2.45) is 0 Å². The number of nitrogens with one attached hydrogen (secondary N) is 1. The fourth-order valence-electron chi connectivity index (χ4n) is 3.57. The molecule has 1 N–H and O–H groups in total. The highest BCUT2D eigenvalue weighted by Gasteiger charge is 2.22. The Labute approximate surface area is 181 Å². The Kier molecular flexibility index (Phi) is 5.79. The molecule has 1 heterocycles. The number of nitrogens with zero attached hydrogens (tertiary/aromatic N) is 1. The molecule has 0 aromatic heterocycles. The molecule has 5 nitrogen and oxygen atoms in total. The molecule has 1 aliphatic rings. The summed E-state index contributed by atoms with van der Waals surface area (Å²) in [6.07, 6.45) is 0.742. The first-order valence-corrected chi connectivity index (χ1v) is 11.6. The third-order valence-corrected chi connectivity index (χ3v) is 6.58. The van der Waals surface area contributed by atoms with E-state index in [4.69, 9.17) is 11.6 Å². The van der Waals surface area contributed by atoms with Gasteiger partial charge in [0.2, 0.25) is 10.0 Å². The molecule has 0 fully saturated rings. The summed E-state index contributed by atoms with van der Waals surface area (Å²) in [5.41, 5.74) is 3.90. The van der Waals surface area contributed by atoms with Gasteiger partial charge in [0.25, 0.3) is 5.91 Å². The Hall–Kier alpha value is -2.83. The van der Waals surface area contributed by atoms with Gasteiger partial charge in [0.1, 0.15) is 0 Å². The molecular formula is C23H21ClN2O3S. The lowest BCUT2D eigenvalue weighted by Gasteiger charge is -2.29. The number of carbonyl (C=O) groups is 1. The van der Waals surface area contributed by atoms with Crippen LogP contribution in [0.2, 0.25) is 5.02 Å². The molecule has 0 unspecified atom stereocenters. The van der Waals surface area contributed by atoms with Crippen LogP contribution in [-0.2, 0) is 28.7 Å². The van der Waals surface area contributed by atoms with Crippen molar-refractivity contribution >= 4 is 33.2 Å². The highest BCUT2D eigenvalue weighted by Crippen LogP contribution is 2.25. The van der Waals surface area contributed by atoms with E-state index < -0.39 is 10.0 Å². The first kappa shape index (κ1) is 20.4. The maximum absolute atomic E-state index is 12.8. The zero-order valence-corrected chi connectivity index (χ0v) is 17.8. The minimum atomic E-state index is -3.57. The van der Waals surface area contributed by atoms with Gasteiger partial charge in [0.15, 0.2) is 0 Å². The summed E-state index contributed by atoms with van der Waals surface area (Å²) in [5, 5.41) is 0.563. The van der Waals surface area contributed by atoms with Crippen LogP contribution in [0.15, 0.2) is 72.8 Å². The third-order valence-electron chi connectivity index (χ3n) is 5.07. The fourth-order valence-corrected chi connectivity index (χ4v) is 4.89. The number of hydrogen-bond donors (Lipinski definition) is 1. The summed E-state index contributed by atoms with van der Waals surface area (Å²) in [6.45, 7) is 1.10. The van der Waals surface area contributed by atoms with Gasteiger partial charge in [0, 0.05) is 29.4 Å². The van der Waals surface area contributed by atoms with Crippen molar-refractivity contribution in [1.82, 2.24) is 4.90 Å². The summed E-state index contributed by atoms with van der Waals surface area (Å²) < 4.78 is 27.8. The zero-order chi connectivity index (χ0) is 21.1. The molecule has 0 spiro atoms. The highest BCUT2D eigenvalue weighted by molar-refractivity contribution is 7.91. The largest absolute Gasteiger partial charge is 0.334 e. The lowest BCUT2D eigenvalue weighted by Crippen LogP contribution is -2.36. The SMILES string of the molecule is O=C(c1ccccc1)N1CCc2ccc(NS(=O)(=O)Cc3ccc(Cl)cc3)cc2C1. The molecule has 1 aliphatic heterocycles. The van der Waals surface area contributed by atoms with Crippen LogP contribution in [0.5, 0.6) is 0 Å². The molecule has 0 aliphatic carbocycles. The lowest BCUT2D eigenvalue weighted by atomic mass is 9.98. The van der Waals surface area contributed by atoms with E-state index in [1.54, 1.807) is 47.4 Å². The van der Waals surface area contributed by atoms with Gasteiger partial charge in [-0.2, -0.15) is 0 Å². The quantitative estimate of drug-likeness (QED) is 0.636. The van der Waals surface area contributed by atoms with Crippen LogP contribution < -0.4 is 4.72 Å². The van der Waals surface area contributed by atoms with Crippen molar-refractivity contribution in [3.05, 3.63) is 100 Å². The first-order chi connectivity index (χ1) is 14.4. The highest BCUT2D eigenvalue weighted by atomic mass is 35.5. The predicted molar refractivity (Wildman–Crippen MR) is 119 cm³/mol. The summed E-state index contributed by atoms with van der Waals surface area (Å²) in [7, 11) is -3.57. The van der Waals surface area contributed by atoms with Crippen LogP contribution >= 0.6 is 11.6 Å². The Balaban J connectivity index is 1.48. The average molecular weight is 441 g/mol. The smallest absolute Gasteiger partial charge is 0.254 e. The summed E-state index contributed by atoms with van der Waals surface area (Å²) in [6, 6.07) is 21.4. The fraction of sp³-hybridized carbons (Fsp3) is 0.174. The number of carbonyl (C=O) groups excluding carboxylic acids is 1. The monoisotopic (exact) mass is 440 g/mol. The number of amides is 1. The molecule has 0 bridgehead atoms. The second-order valence-corrected chi connectivity index (χ2v) is 9.47. The second kappa shape index (κ2) is 8.50. The molecule has 30 heavy (non-hydrogen) atoms. The zero-order valence-electron chi connectivity index (χ0n) is 16.2. The van der Waals surface area contributed by atoms with E-state index >= 15 is 0 Å². The molecule has 0 saturated heterocycles. The Bertz CT molecular complexity index is 1160. The number of fused-ring (bicyclic) bond motifs is 1. The van der Waals surface area contributed by atoms with Crippen molar-refractivity contribution in [2.75, 3.05) is 11.3 Å². The maximum Gasteiger partial charge on any atom is 0.254 e. The van der Waals surface area contributed by atoms with E-state index in [-0.39, 0.29) is 11.7 Å². The van der Waals surface area contributed by atoms with Gasteiger partial charge in [-0.1, -0.05) is 48.0 Å². The predicted octanol–water partition coefficient (Wildman–Crippen LogP) is 4.48. The van der Waals surface area contributed by atoms with E-state index in [9.17, 15) is 13.2 Å². The Morgan fingerprint density at radius 2 is 1.70 bits per heavy atom. The average Bonchev–Trinajstić information content (AvgIpc) is 2.74. The molecule has 4 rings (SSSR count). The number of rotatable bonds is 5. The number of benzene rings is 3. The van der Waals surface area contributed by atoms with Crippen LogP contribution in [0, 0.1) is 0 Å². The third kappa shape index (κ3) is 4.83. The molecule has 1 amide bonds. The van der Waals surface area contributed by atoms with Crippen LogP contribution in [-0.4, -0.2) is 25.8 Å². The molecule has 154 valence electrons. The van der Waals surface area contributed by atoms with Crippen molar-refractivity contribution < 1.29 is 13.2 Å². The van der Waals surface area contributed by atoms with Crippen molar-refractivity contribution in [3.8, 4) is 0 Å². The number of halogens is 1. The number of sulfonamides is 1. The van der Waals surface area contributed by atoms with E-state index in [0.29, 0.717) is 34.9 Å². The summed E-state index contributed by atoms with van der Waals surface area (Å²) >= 11 is 5.86. The van der Waals surface area contributed by atoms with Crippen LogP contribution in [0.4, 0.5) is 5.69 Å². The molecular weight excluding hydrogens is 420 g/mol. The van der Waals surface area contributed by atoms with Gasteiger partial charge in [-0.05, 0) is 59.5 Å². The van der Waals surface area contributed by atoms with Gasteiger partial charge >= 0.3 is 0 Å². The lowest BCUT2D eigenvalue weighted by molar-refractivity contribution is 0.0734. The molecule has 7 heteroatoms. The Morgan fingerprint density at radius 1 is 0.967 bits per heavy atom. The molecule has 0 atom stereocenters. The van der Waals surface area contributed by atoms with Gasteiger partial charge in [0.05, 0.1) is 5.75 Å². The van der Waals surface area contributed by atoms with Crippen LogP contribution in [0.3, 0.4) is 0 Å². The van der Waals surface area contributed by atoms with Gasteiger partial charge < -0.3 is 4.90 Å². The topological polar surface area (TPSA) is 66.5 Å². The van der Waals surface area contributed by atoms with E-state index in [0.717, 1.165) is 17.5 Å².